The molecule has 1 aromatic carbocycles. The zero-order valence-electron chi connectivity index (χ0n) is 9.32. The molecule has 108 valence electrons. The van der Waals surface area contributed by atoms with Crippen molar-refractivity contribution in [3.63, 3.8) is 0 Å². The van der Waals surface area contributed by atoms with Gasteiger partial charge in [0, 0.05) is 4.90 Å². The average Bonchev–Trinajstić information content (AvgIpc) is 2.11. The summed E-state index contributed by atoms with van der Waals surface area (Å²) in [4.78, 5) is -4.43. The summed E-state index contributed by atoms with van der Waals surface area (Å²) in [5, 5.41) is 0. The van der Waals surface area contributed by atoms with Gasteiger partial charge in [0.15, 0.2) is 0 Å². The normalized spacial score (nSPS) is 12.8. The molecule has 3 N–H and O–H groups in total. The largest absolute Gasteiger partial charge is 2.00 e. The summed E-state index contributed by atoms with van der Waals surface area (Å²) < 4.78 is 92.0. The number of thiol groups is 1. The van der Waals surface area contributed by atoms with Crippen LogP contribution in [-0.2, 0) is 49.8 Å². The smallest absolute Gasteiger partial charge is 0.282 e. The SMILES string of the molecule is O=S(=O)(O)c1cc(S(=O)(=O)O)c(S)c(S(=O)(=O)O)c1.[Zn+2]. The standard InChI is InChI=1S/C6H6O9S4.Zn/c7-17(8,9)3-1-4(18(10,11)12)6(16)5(2-3)19(13,14)15;/h1-2,16H,(H,7,8,9)(H,10,11,12)(H,13,14,15);/q;+2. The third-order valence-electron chi connectivity index (χ3n) is 1.87. The van der Waals surface area contributed by atoms with Crippen molar-refractivity contribution in [2.24, 2.45) is 0 Å². The second-order valence-corrected chi connectivity index (χ2v) is 7.84. The van der Waals surface area contributed by atoms with E-state index in [1.165, 1.54) is 0 Å². The van der Waals surface area contributed by atoms with Crippen molar-refractivity contribution in [3.05, 3.63) is 12.1 Å². The van der Waals surface area contributed by atoms with Crippen LogP contribution in [0.2, 0.25) is 0 Å². The van der Waals surface area contributed by atoms with E-state index in [1.807, 2.05) is 0 Å². The summed E-state index contributed by atoms with van der Waals surface area (Å²) in [6, 6.07) is 0.587. The summed E-state index contributed by atoms with van der Waals surface area (Å²) in [5.41, 5.74) is 0. The van der Waals surface area contributed by atoms with Crippen LogP contribution < -0.4 is 0 Å². The molecule has 0 aliphatic rings. The van der Waals surface area contributed by atoms with E-state index in [4.69, 9.17) is 13.7 Å². The van der Waals surface area contributed by atoms with E-state index in [9.17, 15) is 25.3 Å². The Morgan fingerprint density at radius 2 is 1.05 bits per heavy atom. The Bertz CT molecular complexity index is 783. The maximum absolute atomic E-state index is 11.0. The molecule has 0 bridgehead atoms. The van der Waals surface area contributed by atoms with Gasteiger partial charge in [-0.05, 0) is 12.1 Å². The van der Waals surface area contributed by atoms with Gasteiger partial charge in [0.25, 0.3) is 30.4 Å². The van der Waals surface area contributed by atoms with Gasteiger partial charge in [-0.2, -0.15) is 25.3 Å². The first-order chi connectivity index (χ1) is 8.24. The number of hydrogen-bond donors (Lipinski definition) is 4. The zero-order valence-corrected chi connectivity index (χ0v) is 15.6. The van der Waals surface area contributed by atoms with Gasteiger partial charge < -0.3 is 0 Å². The number of rotatable bonds is 3. The molecular weight excluding hydrogens is 410 g/mol. The molecule has 1 rings (SSSR count). The predicted octanol–water partition coefficient (Wildman–Crippen LogP) is -0.287. The first kappa shape index (κ1) is 19.9. The molecule has 0 aliphatic carbocycles. The van der Waals surface area contributed by atoms with Crippen molar-refractivity contribution in [2.75, 3.05) is 0 Å². The Morgan fingerprint density at radius 1 is 0.750 bits per heavy atom. The zero-order chi connectivity index (χ0) is 15.2. The first-order valence-corrected chi connectivity index (χ1v) is 8.81. The fourth-order valence-electron chi connectivity index (χ4n) is 1.10. The predicted molar refractivity (Wildman–Crippen MR) is 63.1 cm³/mol. The molecule has 9 nitrogen and oxygen atoms in total. The van der Waals surface area contributed by atoms with Crippen LogP contribution in [0.4, 0.5) is 0 Å². The number of benzene rings is 1. The monoisotopic (exact) mass is 414 g/mol. The van der Waals surface area contributed by atoms with Crippen molar-refractivity contribution < 1.29 is 58.4 Å². The van der Waals surface area contributed by atoms with E-state index in [1.54, 1.807) is 0 Å². The van der Waals surface area contributed by atoms with Crippen LogP contribution >= 0.6 is 12.6 Å². The summed E-state index contributed by atoms with van der Waals surface area (Å²) >= 11 is 3.49. The molecule has 0 amide bonds. The number of hydrogen-bond acceptors (Lipinski definition) is 7. The molecule has 14 heteroatoms. The van der Waals surface area contributed by atoms with E-state index >= 15 is 0 Å². The van der Waals surface area contributed by atoms with Gasteiger partial charge >= 0.3 is 19.5 Å². The molecule has 0 fully saturated rings. The Balaban J connectivity index is 0.00000361. The van der Waals surface area contributed by atoms with Gasteiger partial charge in [-0.1, -0.05) is 0 Å². The van der Waals surface area contributed by atoms with Gasteiger partial charge in [-0.25, -0.2) is 0 Å². The third kappa shape index (κ3) is 4.46. The van der Waals surface area contributed by atoms with Crippen LogP contribution in [-0.4, -0.2) is 38.9 Å². The van der Waals surface area contributed by atoms with E-state index in [-0.39, 0.29) is 19.5 Å². The Labute approximate surface area is 132 Å². The van der Waals surface area contributed by atoms with Gasteiger partial charge in [-0.15, -0.1) is 12.6 Å². The minimum atomic E-state index is -5.03. The minimum absolute atomic E-state index is 0. The Morgan fingerprint density at radius 3 is 1.25 bits per heavy atom. The molecule has 0 saturated carbocycles. The van der Waals surface area contributed by atoms with Crippen LogP contribution in [0.25, 0.3) is 0 Å². The summed E-state index contributed by atoms with van der Waals surface area (Å²) in [5.74, 6) is 0. The van der Waals surface area contributed by atoms with Crippen molar-refractivity contribution in [2.45, 2.75) is 19.6 Å². The molecule has 0 saturated heterocycles. The minimum Gasteiger partial charge on any atom is -0.282 e. The van der Waals surface area contributed by atoms with Crippen molar-refractivity contribution in [1.29, 1.82) is 0 Å². The van der Waals surface area contributed by atoms with Crippen LogP contribution in [0.15, 0.2) is 31.7 Å². The van der Waals surface area contributed by atoms with Crippen molar-refractivity contribution >= 4 is 43.0 Å². The Hall–Kier alpha value is -0.0766. The van der Waals surface area contributed by atoms with E-state index in [0.717, 1.165) is 0 Å². The summed E-state index contributed by atoms with van der Waals surface area (Å²) in [7, 11) is -15.0. The van der Waals surface area contributed by atoms with Crippen LogP contribution in [0, 0.1) is 0 Å². The molecule has 0 aliphatic heterocycles. The first-order valence-electron chi connectivity index (χ1n) is 4.04. The molecule has 0 heterocycles. The second kappa shape index (κ2) is 5.97. The van der Waals surface area contributed by atoms with Crippen molar-refractivity contribution in [1.82, 2.24) is 0 Å². The molecule has 1 aromatic rings. The molecule has 0 aromatic heterocycles. The van der Waals surface area contributed by atoms with Crippen LogP contribution in [0.3, 0.4) is 0 Å². The second-order valence-electron chi connectivity index (χ2n) is 3.19. The fourth-order valence-corrected chi connectivity index (χ4v) is 3.93. The molecular formula is C6H6O9S4Zn+2. The van der Waals surface area contributed by atoms with E-state index in [2.05, 4.69) is 12.6 Å². The van der Waals surface area contributed by atoms with Crippen LogP contribution in [0.5, 0.6) is 0 Å². The quantitative estimate of drug-likeness (QED) is 0.295. The topological polar surface area (TPSA) is 163 Å². The molecule has 0 spiro atoms. The molecule has 0 radical (unpaired) electrons. The van der Waals surface area contributed by atoms with Crippen molar-refractivity contribution in [3.8, 4) is 0 Å². The third-order valence-corrected chi connectivity index (χ3v) is 5.24. The summed E-state index contributed by atoms with van der Waals surface area (Å²) in [6.07, 6.45) is 0. The fraction of sp³-hybridized carbons (Fsp3) is 0. The van der Waals surface area contributed by atoms with Gasteiger partial charge in [-0.3, -0.25) is 13.7 Å². The molecule has 0 atom stereocenters. The van der Waals surface area contributed by atoms with E-state index in [0.29, 0.717) is 12.1 Å². The van der Waals surface area contributed by atoms with Gasteiger partial charge in [0.05, 0.1) is 4.90 Å². The maximum atomic E-state index is 11.0. The maximum Gasteiger partial charge on any atom is 2.00 e. The Kier molecular flexibility index (Phi) is 5.94. The van der Waals surface area contributed by atoms with Crippen LogP contribution in [0.1, 0.15) is 0 Å². The van der Waals surface area contributed by atoms with Gasteiger partial charge in [0.2, 0.25) is 0 Å². The average molecular weight is 416 g/mol. The van der Waals surface area contributed by atoms with E-state index < -0.39 is 49.9 Å². The van der Waals surface area contributed by atoms with Gasteiger partial charge in [0.1, 0.15) is 9.79 Å². The molecule has 0 unspecified atom stereocenters. The summed E-state index contributed by atoms with van der Waals surface area (Å²) in [6.45, 7) is 0. The molecule has 20 heavy (non-hydrogen) atoms.